The molecule has 3 nitrogen and oxygen atoms in total. The largest absolute Gasteiger partial charge is 0.376 e. The Kier molecular flexibility index (Phi) is 2.57. The second-order valence-electron chi connectivity index (χ2n) is 3.06. The Balaban J connectivity index is 2.36. The Labute approximate surface area is 90.7 Å². The normalized spacial score (nSPS) is 19.3. The van der Waals surface area contributed by atoms with Crippen LogP contribution in [0.2, 0.25) is 5.02 Å². The van der Waals surface area contributed by atoms with Crippen molar-refractivity contribution < 1.29 is 9.23 Å². The Hall–Kier alpha value is -1.60. The summed E-state index contributed by atoms with van der Waals surface area (Å²) in [5, 5.41) is 12.5. The SMILES string of the molecule is N#C[C@H]1CC(c2c(F)cccc2Cl)=NO1. The molecule has 1 aromatic rings. The maximum absolute atomic E-state index is 13.4. The van der Waals surface area contributed by atoms with E-state index in [-0.39, 0.29) is 17.0 Å². The van der Waals surface area contributed by atoms with Gasteiger partial charge < -0.3 is 4.84 Å². The molecular formula is C10H6ClFN2O. The van der Waals surface area contributed by atoms with Crippen LogP contribution in [0.25, 0.3) is 0 Å². The maximum atomic E-state index is 13.4. The van der Waals surface area contributed by atoms with Crippen LogP contribution < -0.4 is 0 Å². The molecule has 5 heteroatoms. The summed E-state index contributed by atoms with van der Waals surface area (Å²) < 4.78 is 13.4. The van der Waals surface area contributed by atoms with E-state index in [1.165, 1.54) is 12.1 Å². The third kappa shape index (κ3) is 1.79. The first-order valence-electron chi connectivity index (χ1n) is 4.29. The van der Waals surface area contributed by atoms with Crippen LogP contribution >= 0.6 is 11.6 Å². The van der Waals surface area contributed by atoms with Gasteiger partial charge in [-0.1, -0.05) is 22.8 Å². The van der Waals surface area contributed by atoms with E-state index in [2.05, 4.69) is 5.16 Å². The average molecular weight is 225 g/mol. The predicted molar refractivity (Wildman–Crippen MR) is 53.1 cm³/mol. The van der Waals surface area contributed by atoms with E-state index in [1.54, 1.807) is 6.07 Å². The molecule has 0 aromatic heterocycles. The highest BCUT2D eigenvalue weighted by Gasteiger charge is 2.25. The number of hydrogen-bond acceptors (Lipinski definition) is 3. The molecule has 1 aliphatic heterocycles. The Morgan fingerprint density at radius 1 is 1.60 bits per heavy atom. The summed E-state index contributed by atoms with van der Waals surface area (Å²) in [6.45, 7) is 0. The predicted octanol–water partition coefficient (Wildman–Crippen LogP) is 2.50. The molecule has 2 rings (SSSR count). The van der Waals surface area contributed by atoms with Crippen LogP contribution in [0.3, 0.4) is 0 Å². The molecule has 1 aromatic carbocycles. The molecular weight excluding hydrogens is 219 g/mol. The number of nitriles is 1. The van der Waals surface area contributed by atoms with Crippen molar-refractivity contribution in [3.8, 4) is 6.07 Å². The summed E-state index contributed by atoms with van der Waals surface area (Å²) in [7, 11) is 0. The van der Waals surface area contributed by atoms with Crippen LogP contribution in [0.1, 0.15) is 12.0 Å². The molecule has 1 atom stereocenters. The number of oxime groups is 1. The van der Waals surface area contributed by atoms with Gasteiger partial charge in [0.1, 0.15) is 11.9 Å². The molecule has 1 aliphatic rings. The molecule has 0 saturated carbocycles. The van der Waals surface area contributed by atoms with Crippen LogP contribution in [0.5, 0.6) is 0 Å². The van der Waals surface area contributed by atoms with E-state index >= 15 is 0 Å². The highest BCUT2D eigenvalue weighted by atomic mass is 35.5. The third-order valence-electron chi connectivity index (χ3n) is 2.06. The van der Waals surface area contributed by atoms with E-state index in [1.807, 2.05) is 6.07 Å². The lowest BCUT2D eigenvalue weighted by Gasteiger charge is -2.02. The molecule has 0 aliphatic carbocycles. The molecule has 1 heterocycles. The van der Waals surface area contributed by atoms with Gasteiger partial charge in [-0.25, -0.2) is 4.39 Å². The maximum Gasteiger partial charge on any atom is 0.218 e. The number of benzene rings is 1. The number of hydrogen-bond donors (Lipinski definition) is 0. The van der Waals surface area contributed by atoms with Gasteiger partial charge in [-0.2, -0.15) is 5.26 Å². The van der Waals surface area contributed by atoms with Crippen molar-refractivity contribution in [3.05, 3.63) is 34.6 Å². The van der Waals surface area contributed by atoms with Crippen molar-refractivity contribution >= 4 is 17.3 Å². The van der Waals surface area contributed by atoms with Gasteiger partial charge in [0, 0.05) is 6.42 Å². The Morgan fingerprint density at radius 3 is 3.00 bits per heavy atom. The lowest BCUT2D eigenvalue weighted by molar-refractivity contribution is 0.125. The van der Waals surface area contributed by atoms with Crippen molar-refractivity contribution in [1.29, 1.82) is 5.26 Å². The average Bonchev–Trinajstić information content (AvgIpc) is 2.66. The monoisotopic (exact) mass is 224 g/mol. The minimum atomic E-state index is -0.643. The minimum absolute atomic E-state index is 0.219. The zero-order valence-corrected chi connectivity index (χ0v) is 8.33. The van der Waals surface area contributed by atoms with Crippen LogP contribution in [0.15, 0.2) is 23.4 Å². The molecule has 15 heavy (non-hydrogen) atoms. The fourth-order valence-corrected chi connectivity index (χ4v) is 1.64. The summed E-state index contributed by atoms with van der Waals surface area (Å²) in [4.78, 5) is 4.78. The molecule has 0 saturated heterocycles. The van der Waals surface area contributed by atoms with E-state index in [9.17, 15) is 4.39 Å². The smallest absolute Gasteiger partial charge is 0.218 e. The minimum Gasteiger partial charge on any atom is -0.376 e. The fourth-order valence-electron chi connectivity index (χ4n) is 1.37. The lowest BCUT2D eigenvalue weighted by atomic mass is 10.0. The highest BCUT2D eigenvalue weighted by molar-refractivity contribution is 6.34. The number of rotatable bonds is 1. The zero-order chi connectivity index (χ0) is 10.8. The van der Waals surface area contributed by atoms with Gasteiger partial charge in [-0.15, -0.1) is 0 Å². The van der Waals surface area contributed by atoms with Gasteiger partial charge in [-0.3, -0.25) is 0 Å². The van der Waals surface area contributed by atoms with Gasteiger partial charge >= 0.3 is 0 Å². The second-order valence-corrected chi connectivity index (χ2v) is 3.47. The fraction of sp³-hybridized carbons (Fsp3) is 0.200. The Bertz CT molecular complexity index is 447. The van der Waals surface area contributed by atoms with E-state index in [0.717, 1.165) is 0 Å². The molecule has 0 N–H and O–H groups in total. The first-order valence-corrected chi connectivity index (χ1v) is 4.67. The van der Waals surface area contributed by atoms with E-state index in [0.29, 0.717) is 5.71 Å². The summed E-state index contributed by atoms with van der Waals surface area (Å²) in [5.41, 5.74) is 0.599. The van der Waals surface area contributed by atoms with Gasteiger partial charge in [-0.05, 0) is 12.1 Å². The lowest BCUT2D eigenvalue weighted by Crippen LogP contribution is -2.07. The van der Waals surface area contributed by atoms with E-state index in [4.69, 9.17) is 21.7 Å². The second kappa shape index (κ2) is 3.87. The number of nitrogens with zero attached hydrogens (tertiary/aromatic N) is 2. The van der Waals surface area contributed by atoms with Crippen LogP contribution in [-0.2, 0) is 4.84 Å². The topological polar surface area (TPSA) is 45.4 Å². The quantitative estimate of drug-likeness (QED) is 0.736. The summed E-state index contributed by atoms with van der Waals surface area (Å²) in [5.74, 6) is -0.455. The summed E-state index contributed by atoms with van der Waals surface area (Å²) in [6, 6.07) is 6.28. The van der Waals surface area contributed by atoms with Crippen molar-refractivity contribution in [2.24, 2.45) is 5.16 Å². The Morgan fingerprint density at radius 2 is 2.40 bits per heavy atom. The molecule has 76 valence electrons. The number of halogens is 2. The highest BCUT2D eigenvalue weighted by Crippen LogP contribution is 2.25. The third-order valence-corrected chi connectivity index (χ3v) is 2.38. The van der Waals surface area contributed by atoms with Gasteiger partial charge in [0.25, 0.3) is 0 Å². The van der Waals surface area contributed by atoms with Gasteiger partial charge in [0.2, 0.25) is 6.10 Å². The molecule has 0 amide bonds. The van der Waals surface area contributed by atoms with Crippen LogP contribution in [0.4, 0.5) is 4.39 Å². The standard InChI is InChI=1S/C10H6ClFN2O/c11-7-2-1-3-8(12)10(7)9-4-6(5-13)15-14-9/h1-3,6H,4H2/t6-/m1/s1. The van der Waals surface area contributed by atoms with Crippen molar-refractivity contribution in [1.82, 2.24) is 0 Å². The molecule has 0 radical (unpaired) electrons. The van der Waals surface area contributed by atoms with Crippen LogP contribution in [0, 0.1) is 17.1 Å². The van der Waals surface area contributed by atoms with Crippen molar-refractivity contribution in [3.63, 3.8) is 0 Å². The summed E-state index contributed by atoms with van der Waals surface area (Å²) in [6.07, 6.45) is -0.382. The van der Waals surface area contributed by atoms with E-state index < -0.39 is 11.9 Å². The first kappa shape index (κ1) is 9.94. The van der Waals surface area contributed by atoms with Crippen LogP contribution in [-0.4, -0.2) is 11.8 Å². The first-order chi connectivity index (χ1) is 7.22. The van der Waals surface area contributed by atoms with Gasteiger partial charge in [0.15, 0.2) is 0 Å². The molecule has 0 bridgehead atoms. The summed E-state index contributed by atoms with van der Waals surface area (Å²) >= 11 is 5.84. The van der Waals surface area contributed by atoms with Crippen molar-refractivity contribution in [2.45, 2.75) is 12.5 Å². The molecule has 0 spiro atoms. The van der Waals surface area contributed by atoms with Gasteiger partial charge in [0.05, 0.1) is 16.3 Å². The van der Waals surface area contributed by atoms with Crippen molar-refractivity contribution in [2.75, 3.05) is 0 Å². The molecule has 0 unspecified atom stereocenters. The molecule has 0 fully saturated rings. The zero-order valence-electron chi connectivity index (χ0n) is 7.58.